The molecular weight excluding hydrogens is 577 g/mol. The van der Waals surface area contributed by atoms with Crippen molar-refractivity contribution in [1.29, 1.82) is 0 Å². The van der Waals surface area contributed by atoms with E-state index in [0.29, 0.717) is 45.1 Å². The average Bonchev–Trinajstić information content (AvgIpc) is 3.46. The monoisotopic (exact) mass is 609 g/mol. The van der Waals surface area contributed by atoms with Gasteiger partial charge in [-0.25, -0.2) is 14.2 Å². The van der Waals surface area contributed by atoms with Gasteiger partial charge >= 0.3 is 5.97 Å². The summed E-state index contributed by atoms with van der Waals surface area (Å²) in [5, 5.41) is 0.957. The van der Waals surface area contributed by atoms with Crippen LogP contribution >= 0.6 is 11.3 Å². The van der Waals surface area contributed by atoms with Gasteiger partial charge in [0.05, 0.1) is 41.6 Å². The maximum absolute atomic E-state index is 14.6. The third-order valence-corrected chi connectivity index (χ3v) is 8.85. The smallest absolute Gasteiger partial charge is 0.338 e. The quantitative estimate of drug-likeness (QED) is 0.213. The number of halogens is 1. The van der Waals surface area contributed by atoms with Gasteiger partial charge in [-0.15, -0.1) is 0 Å². The van der Waals surface area contributed by atoms with Crippen molar-refractivity contribution in [3.63, 3.8) is 0 Å². The Bertz CT molecular complexity index is 2100. The normalized spacial score (nSPS) is 14.9. The number of benzene rings is 3. The fourth-order valence-electron chi connectivity index (χ4n) is 5.79. The summed E-state index contributed by atoms with van der Waals surface area (Å²) in [4.78, 5) is 32.7. The van der Waals surface area contributed by atoms with E-state index in [2.05, 4.69) is 4.57 Å². The van der Waals surface area contributed by atoms with Gasteiger partial charge in [-0.3, -0.25) is 9.36 Å². The van der Waals surface area contributed by atoms with E-state index in [1.165, 1.54) is 17.4 Å². The van der Waals surface area contributed by atoms with Gasteiger partial charge in [0.1, 0.15) is 11.6 Å². The molecule has 0 N–H and O–H groups in total. The van der Waals surface area contributed by atoms with Crippen LogP contribution in [0.1, 0.15) is 49.2 Å². The molecular formula is C35H32FN3O4S. The molecule has 0 saturated heterocycles. The van der Waals surface area contributed by atoms with Gasteiger partial charge in [-0.2, -0.15) is 0 Å². The largest absolute Gasteiger partial charge is 0.494 e. The van der Waals surface area contributed by atoms with Crippen LogP contribution in [0.4, 0.5) is 4.39 Å². The Labute approximate surface area is 257 Å². The summed E-state index contributed by atoms with van der Waals surface area (Å²) >= 11 is 1.28. The van der Waals surface area contributed by atoms with Crippen molar-refractivity contribution in [1.82, 2.24) is 9.13 Å². The van der Waals surface area contributed by atoms with E-state index in [-0.39, 0.29) is 18.0 Å². The van der Waals surface area contributed by atoms with Gasteiger partial charge in [0.15, 0.2) is 4.80 Å². The van der Waals surface area contributed by atoms with Gasteiger partial charge in [-0.05, 0) is 63.6 Å². The molecule has 1 aliphatic rings. The molecule has 0 unspecified atom stereocenters. The fraction of sp³-hybridized carbons (Fsp3) is 0.229. The van der Waals surface area contributed by atoms with E-state index >= 15 is 0 Å². The summed E-state index contributed by atoms with van der Waals surface area (Å²) in [6, 6.07) is 21.4. The highest BCUT2D eigenvalue weighted by atomic mass is 32.1. The zero-order valence-corrected chi connectivity index (χ0v) is 25.8. The van der Waals surface area contributed by atoms with E-state index in [1.807, 2.05) is 74.5 Å². The molecule has 7 nitrogen and oxygen atoms in total. The van der Waals surface area contributed by atoms with Crippen molar-refractivity contribution in [2.45, 2.75) is 40.3 Å². The topological polar surface area (TPSA) is 74.8 Å². The maximum atomic E-state index is 14.6. The summed E-state index contributed by atoms with van der Waals surface area (Å²) < 4.78 is 29.8. The number of thiazole rings is 1. The number of fused-ring (bicyclic) bond motifs is 2. The molecule has 3 aromatic carbocycles. The van der Waals surface area contributed by atoms with Crippen LogP contribution in [-0.4, -0.2) is 28.3 Å². The first-order chi connectivity index (χ1) is 21.3. The third kappa shape index (κ3) is 5.17. The summed E-state index contributed by atoms with van der Waals surface area (Å²) in [6.07, 6.45) is 1.89. The number of para-hydroxylation sites is 1. The van der Waals surface area contributed by atoms with Gasteiger partial charge < -0.3 is 14.0 Å². The number of esters is 1. The van der Waals surface area contributed by atoms with E-state index < -0.39 is 12.0 Å². The number of rotatable bonds is 8. The van der Waals surface area contributed by atoms with Crippen molar-refractivity contribution >= 4 is 34.3 Å². The van der Waals surface area contributed by atoms with Gasteiger partial charge in [-0.1, -0.05) is 59.9 Å². The molecule has 6 rings (SSSR count). The Kier molecular flexibility index (Phi) is 8.05. The Hall–Kier alpha value is -4.76. The molecule has 0 bridgehead atoms. The molecule has 224 valence electrons. The number of allylic oxidation sites excluding steroid dienone is 1. The highest BCUT2D eigenvalue weighted by molar-refractivity contribution is 7.07. The van der Waals surface area contributed by atoms with Crippen LogP contribution in [0.3, 0.4) is 0 Å². The summed E-state index contributed by atoms with van der Waals surface area (Å²) in [7, 11) is 0. The molecule has 3 heterocycles. The highest BCUT2D eigenvalue weighted by Crippen LogP contribution is 2.32. The molecule has 5 aromatic rings. The second-order valence-electron chi connectivity index (χ2n) is 10.5. The van der Waals surface area contributed by atoms with Crippen LogP contribution < -0.4 is 19.6 Å². The first-order valence-corrected chi connectivity index (χ1v) is 15.4. The predicted octanol–water partition coefficient (Wildman–Crippen LogP) is 5.65. The highest BCUT2D eigenvalue weighted by Gasteiger charge is 2.33. The Balaban J connectivity index is 1.53. The molecule has 0 fully saturated rings. The van der Waals surface area contributed by atoms with Crippen LogP contribution in [0.15, 0.2) is 93.9 Å². The maximum Gasteiger partial charge on any atom is 0.338 e. The van der Waals surface area contributed by atoms with E-state index in [1.54, 1.807) is 30.5 Å². The summed E-state index contributed by atoms with van der Waals surface area (Å²) in [5.41, 5.74) is 4.64. The van der Waals surface area contributed by atoms with Crippen LogP contribution in [-0.2, 0) is 16.1 Å². The molecule has 0 radical (unpaired) electrons. The lowest BCUT2D eigenvalue weighted by Crippen LogP contribution is -2.39. The first-order valence-electron chi connectivity index (χ1n) is 14.6. The molecule has 44 heavy (non-hydrogen) atoms. The van der Waals surface area contributed by atoms with Crippen molar-refractivity contribution in [2.75, 3.05) is 13.2 Å². The number of carbonyl (C=O) groups is 1. The molecule has 9 heteroatoms. The SMILES string of the molecule is CCOC(=O)C1=C(C)N=c2s/c(=C\c3c(C)n(Cc4ccccc4F)c4ccccc34)c(=O)n2[C@H]1c1ccc(OCC)cc1. The number of carbonyl (C=O) groups excluding carboxylic acids is 1. The zero-order valence-electron chi connectivity index (χ0n) is 25.0. The van der Waals surface area contributed by atoms with Crippen molar-refractivity contribution < 1.29 is 18.7 Å². The van der Waals surface area contributed by atoms with Crippen LogP contribution in [0.2, 0.25) is 0 Å². The average molecular weight is 610 g/mol. The number of hydrogen-bond donors (Lipinski definition) is 0. The lowest BCUT2D eigenvalue weighted by molar-refractivity contribution is -0.139. The zero-order chi connectivity index (χ0) is 31.0. The van der Waals surface area contributed by atoms with Crippen molar-refractivity contribution in [3.8, 4) is 5.75 Å². The minimum absolute atomic E-state index is 0.201. The van der Waals surface area contributed by atoms with Crippen LogP contribution in [0, 0.1) is 12.7 Å². The number of ether oxygens (including phenoxy) is 2. The van der Waals surface area contributed by atoms with Crippen LogP contribution in [0.25, 0.3) is 17.0 Å². The molecule has 0 amide bonds. The number of nitrogens with zero attached hydrogens (tertiary/aromatic N) is 3. The van der Waals surface area contributed by atoms with Gasteiger partial charge in [0.2, 0.25) is 0 Å². The van der Waals surface area contributed by atoms with Crippen LogP contribution in [0.5, 0.6) is 5.75 Å². The standard InChI is InChI=1S/C35H32FN3O4S/c1-5-42-25-17-15-23(16-18-25)32-31(34(41)43-6-2)21(3)37-35-39(32)33(40)30(44-35)19-27-22(4)38(29-14-10-8-12-26(27)29)20-24-11-7-9-13-28(24)36/h7-19,32H,5-6,20H2,1-4H3/b30-19-/t32-/m0/s1. The fourth-order valence-corrected chi connectivity index (χ4v) is 6.82. The molecule has 0 spiro atoms. The molecule has 0 saturated carbocycles. The second-order valence-corrected chi connectivity index (χ2v) is 11.5. The molecule has 0 aliphatic carbocycles. The lowest BCUT2D eigenvalue weighted by atomic mass is 9.96. The number of hydrogen-bond acceptors (Lipinski definition) is 6. The summed E-state index contributed by atoms with van der Waals surface area (Å²) in [5.74, 6) is -0.0696. The Morgan fingerprint density at radius 1 is 1.00 bits per heavy atom. The molecule has 2 aromatic heterocycles. The Morgan fingerprint density at radius 2 is 1.73 bits per heavy atom. The number of aromatic nitrogens is 2. The van der Waals surface area contributed by atoms with E-state index in [0.717, 1.165) is 27.7 Å². The minimum Gasteiger partial charge on any atom is -0.494 e. The Morgan fingerprint density at radius 3 is 2.45 bits per heavy atom. The lowest BCUT2D eigenvalue weighted by Gasteiger charge is -2.24. The van der Waals surface area contributed by atoms with Crippen molar-refractivity contribution in [2.24, 2.45) is 4.99 Å². The van der Waals surface area contributed by atoms with Crippen molar-refractivity contribution in [3.05, 3.63) is 132 Å². The first kappa shape index (κ1) is 29.3. The van der Waals surface area contributed by atoms with Gasteiger partial charge in [0.25, 0.3) is 5.56 Å². The predicted molar refractivity (Wildman–Crippen MR) is 170 cm³/mol. The minimum atomic E-state index is -0.716. The third-order valence-electron chi connectivity index (χ3n) is 7.87. The van der Waals surface area contributed by atoms with E-state index in [4.69, 9.17) is 14.5 Å². The van der Waals surface area contributed by atoms with E-state index in [9.17, 15) is 14.0 Å². The molecule has 1 aliphatic heterocycles. The second kappa shape index (κ2) is 12.1. The van der Waals surface area contributed by atoms with Gasteiger partial charge in [0, 0.05) is 27.7 Å². The summed E-state index contributed by atoms with van der Waals surface area (Å²) in [6.45, 7) is 8.49. The molecule has 1 atom stereocenters.